The van der Waals surface area contributed by atoms with Crippen molar-refractivity contribution in [2.75, 3.05) is 10.7 Å². The van der Waals surface area contributed by atoms with Crippen molar-refractivity contribution in [1.29, 1.82) is 0 Å². The van der Waals surface area contributed by atoms with Gasteiger partial charge in [-0.05, 0) is 73.9 Å². The Balaban J connectivity index is 1.82. The average Bonchev–Trinajstić information content (AvgIpc) is 2.73. The van der Waals surface area contributed by atoms with E-state index in [0.29, 0.717) is 0 Å². The molecule has 0 aliphatic rings. The summed E-state index contributed by atoms with van der Waals surface area (Å²) in [5.74, 6) is 0. The number of alkyl halides is 2. The smallest absolute Gasteiger partial charge is 0.0888 e. The molecular weight excluding hydrogens is 476 g/mol. The average molecular weight is 510 g/mol. The van der Waals surface area contributed by atoms with Crippen molar-refractivity contribution in [2.45, 2.75) is 77.0 Å². The fraction of sp³-hybridized carbons (Fsp3) is 0.583. The topological polar surface area (TPSA) is 25.8 Å². The predicted octanol–water partition coefficient (Wildman–Crippen LogP) is 7.92. The Hall–Kier alpha value is -0.740. The SMILES string of the molecule is BrCCCCCCCc1ccnc(-c2cc(CCCCCCCBr)ccn2)c1. The van der Waals surface area contributed by atoms with E-state index < -0.39 is 0 Å². The van der Waals surface area contributed by atoms with E-state index in [2.05, 4.69) is 66.1 Å². The molecule has 0 fully saturated rings. The Morgan fingerprint density at radius 3 is 1.36 bits per heavy atom. The van der Waals surface area contributed by atoms with E-state index in [1.165, 1.54) is 75.3 Å². The van der Waals surface area contributed by atoms with Gasteiger partial charge in [-0.3, -0.25) is 9.97 Å². The van der Waals surface area contributed by atoms with E-state index >= 15 is 0 Å². The van der Waals surface area contributed by atoms with Crippen LogP contribution in [-0.4, -0.2) is 20.6 Å². The highest BCUT2D eigenvalue weighted by Crippen LogP contribution is 2.19. The van der Waals surface area contributed by atoms with Crippen LogP contribution in [-0.2, 0) is 12.8 Å². The minimum atomic E-state index is 1.01. The van der Waals surface area contributed by atoms with E-state index in [0.717, 1.165) is 34.9 Å². The van der Waals surface area contributed by atoms with Crippen molar-refractivity contribution in [3.8, 4) is 11.4 Å². The molecule has 0 atom stereocenters. The second-order valence-corrected chi connectivity index (χ2v) is 9.10. The van der Waals surface area contributed by atoms with Gasteiger partial charge in [-0.25, -0.2) is 0 Å². The first-order valence-corrected chi connectivity index (χ1v) is 13.1. The number of rotatable bonds is 15. The number of hydrogen-bond donors (Lipinski definition) is 0. The van der Waals surface area contributed by atoms with Gasteiger partial charge in [0.2, 0.25) is 0 Å². The summed E-state index contributed by atoms with van der Waals surface area (Å²) in [6.45, 7) is 0. The van der Waals surface area contributed by atoms with Gasteiger partial charge in [-0.1, -0.05) is 70.4 Å². The largest absolute Gasteiger partial charge is 0.255 e. The molecule has 2 rings (SSSR count). The molecule has 0 aliphatic carbocycles. The van der Waals surface area contributed by atoms with E-state index in [9.17, 15) is 0 Å². The standard InChI is InChI=1S/C24H34Br2N2/c25-15-9-5-1-3-7-11-21-13-17-27-23(19-21)24-20-22(14-18-28-24)12-8-4-2-6-10-16-26/h13-14,17-20H,1-12,15-16H2. The third kappa shape index (κ3) is 9.65. The van der Waals surface area contributed by atoms with Crippen molar-refractivity contribution in [3.63, 3.8) is 0 Å². The molecule has 154 valence electrons. The quantitative estimate of drug-likeness (QED) is 0.180. The number of nitrogens with zero attached hydrogens (tertiary/aromatic N) is 2. The summed E-state index contributed by atoms with van der Waals surface area (Å²) < 4.78 is 0. The Kier molecular flexibility index (Phi) is 12.7. The van der Waals surface area contributed by atoms with Gasteiger partial charge in [0, 0.05) is 23.1 Å². The lowest BCUT2D eigenvalue weighted by atomic mass is 10.0. The third-order valence-corrected chi connectivity index (χ3v) is 6.23. The Morgan fingerprint density at radius 2 is 0.929 bits per heavy atom. The van der Waals surface area contributed by atoms with Crippen molar-refractivity contribution in [3.05, 3.63) is 47.8 Å². The molecule has 4 heteroatoms. The van der Waals surface area contributed by atoms with E-state index in [1.54, 1.807) is 0 Å². The van der Waals surface area contributed by atoms with Gasteiger partial charge in [-0.2, -0.15) is 0 Å². The minimum Gasteiger partial charge on any atom is -0.255 e. The van der Waals surface area contributed by atoms with Gasteiger partial charge in [-0.15, -0.1) is 0 Å². The summed E-state index contributed by atoms with van der Waals surface area (Å²) in [6, 6.07) is 8.76. The molecule has 0 N–H and O–H groups in total. The second-order valence-electron chi connectivity index (χ2n) is 7.51. The fourth-order valence-electron chi connectivity index (χ4n) is 3.45. The molecule has 0 spiro atoms. The number of unbranched alkanes of at least 4 members (excludes halogenated alkanes) is 8. The van der Waals surface area contributed by atoms with Gasteiger partial charge in [0.1, 0.15) is 0 Å². The maximum Gasteiger partial charge on any atom is 0.0888 e. The van der Waals surface area contributed by atoms with Crippen LogP contribution in [0.15, 0.2) is 36.7 Å². The van der Waals surface area contributed by atoms with Crippen molar-refractivity contribution >= 4 is 31.9 Å². The zero-order valence-corrected chi connectivity index (χ0v) is 20.2. The molecule has 0 aromatic carbocycles. The summed E-state index contributed by atoms with van der Waals surface area (Å²) >= 11 is 7.00. The highest BCUT2D eigenvalue weighted by molar-refractivity contribution is 9.09. The van der Waals surface area contributed by atoms with Gasteiger partial charge in [0.25, 0.3) is 0 Å². The van der Waals surface area contributed by atoms with Gasteiger partial charge in [0.05, 0.1) is 11.4 Å². The first-order chi connectivity index (χ1) is 13.8. The number of halogens is 2. The Labute approximate surface area is 188 Å². The molecule has 2 heterocycles. The van der Waals surface area contributed by atoms with Crippen LogP contribution in [0, 0.1) is 0 Å². The minimum absolute atomic E-state index is 1.01. The molecule has 28 heavy (non-hydrogen) atoms. The summed E-state index contributed by atoms with van der Waals surface area (Å²) in [5, 5.41) is 2.26. The molecular formula is C24H34Br2N2. The van der Waals surface area contributed by atoms with Crippen LogP contribution >= 0.6 is 31.9 Å². The van der Waals surface area contributed by atoms with Crippen molar-refractivity contribution in [2.24, 2.45) is 0 Å². The first kappa shape index (κ1) is 23.5. The van der Waals surface area contributed by atoms with Crippen molar-refractivity contribution < 1.29 is 0 Å². The number of aromatic nitrogens is 2. The molecule has 0 aliphatic heterocycles. The molecule has 0 saturated heterocycles. The van der Waals surface area contributed by atoms with E-state index in [1.807, 2.05) is 12.4 Å². The van der Waals surface area contributed by atoms with Crippen LogP contribution in [0.2, 0.25) is 0 Å². The molecule has 0 unspecified atom stereocenters. The molecule has 2 aromatic heterocycles. The first-order valence-electron chi connectivity index (χ1n) is 10.9. The molecule has 0 radical (unpaired) electrons. The van der Waals surface area contributed by atoms with Crippen LogP contribution < -0.4 is 0 Å². The molecule has 0 saturated carbocycles. The van der Waals surface area contributed by atoms with Gasteiger partial charge < -0.3 is 0 Å². The Morgan fingerprint density at radius 1 is 0.536 bits per heavy atom. The number of hydrogen-bond acceptors (Lipinski definition) is 2. The summed E-state index contributed by atoms with van der Waals surface area (Å²) in [6.07, 6.45) is 19.2. The molecule has 0 bridgehead atoms. The lowest BCUT2D eigenvalue weighted by Gasteiger charge is -2.07. The predicted molar refractivity (Wildman–Crippen MR) is 129 cm³/mol. The van der Waals surface area contributed by atoms with Crippen molar-refractivity contribution in [1.82, 2.24) is 9.97 Å². The van der Waals surface area contributed by atoms with Crippen LogP contribution in [0.25, 0.3) is 11.4 Å². The molecule has 0 amide bonds. The lowest BCUT2D eigenvalue weighted by molar-refractivity contribution is 0.635. The van der Waals surface area contributed by atoms with Crippen LogP contribution in [0.4, 0.5) is 0 Å². The van der Waals surface area contributed by atoms with Crippen LogP contribution in [0.5, 0.6) is 0 Å². The van der Waals surface area contributed by atoms with E-state index in [-0.39, 0.29) is 0 Å². The molecule has 2 aromatic rings. The normalized spacial score (nSPS) is 11.1. The van der Waals surface area contributed by atoms with Gasteiger partial charge >= 0.3 is 0 Å². The monoisotopic (exact) mass is 508 g/mol. The Bertz CT molecular complexity index is 603. The zero-order valence-electron chi connectivity index (χ0n) is 17.0. The maximum absolute atomic E-state index is 4.58. The van der Waals surface area contributed by atoms with Crippen LogP contribution in [0.3, 0.4) is 0 Å². The third-order valence-electron chi connectivity index (χ3n) is 5.11. The number of aryl methyl sites for hydroxylation is 2. The highest BCUT2D eigenvalue weighted by atomic mass is 79.9. The second kappa shape index (κ2) is 15.1. The summed E-state index contributed by atoms with van der Waals surface area (Å²) in [5.41, 5.74) is 4.78. The zero-order chi connectivity index (χ0) is 19.9. The van der Waals surface area contributed by atoms with Crippen LogP contribution in [0.1, 0.15) is 75.3 Å². The molecule has 2 nitrogen and oxygen atoms in total. The van der Waals surface area contributed by atoms with E-state index in [4.69, 9.17) is 0 Å². The summed E-state index contributed by atoms with van der Waals surface area (Å²) in [4.78, 5) is 9.16. The lowest BCUT2D eigenvalue weighted by Crippen LogP contribution is -1.94. The highest BCUT2D eigenvalue weighted by Gasteiger charge is 2.04. The summed E-state index contributed by atoms with van der Waals surface area (Å²) in [7, 11) is 0. The maximum atomic E-state index is 4.58. The number of pyridine rings is 2. The fourth-order valence-corrected chi connectivity index (χ4v) is 4.24. The van der Waals surface area contributed by atoms with Gasteiger partial charge in [0.15, 0.2) is 0 Å².